The van der Waals surface area contributed by atoms with Gasteiger partial charge in [-0.05, 0) is 28.1 Å². The molecule has 0 saturated heterocycles. The van der Waals surface area contributed by atoms with E-state index in [-0.39, 0.29) is 41.1 Å². The lowest BCUT2D eigenvalue weighted by molar-refractivity contribution is 0.296. The predicted molar refractivity (Wildman–Crippen MR) is 84.2 cm³/mol. The summed E-state index contributed by atoms with van der Waals surface area (Å²) < 4.78 is 33.2. The molecule has 0 spiro atoms. The molecule has 0 fully saturated rings. The van der Waals surface area contributed by atoms with Gasteiger partial charge in [-0.15, -0.1) is 0 Å². The van der Waals surface area contributed by atoms with Crippen LogP contribution < -0.4 is 10.3 Å². The fourth-order valence-corrected chi connectivity index (χ4v) is 2.21. The van der Waals surface area contributed by atoms with Crippen molar-refractivity contribution in [2.75, 3.05) is 6.61 Å². The summed E-state index contributed by atoms with van der Waals surface area (Å²) in [4.78, 5) is 12.1. The van der Waals surface area contributed by atoms with E-state index in [1.165, 1.54) is 22.8 Å². The highest BCUT2D eigenvalue weighted by molar-refractivity contribution is 9.10. The van der Waals surface area contributed by atoms with Crippen LogP contribution >= 0.6 is 15.9 Å². The summed E-state index contributed by atoms with van der Waals surface area (Å²) in [6.07, 6.45) is 5.86. The standard InChI is InChI=1S/C16H13BrF2NO3/c17-15-14(5-7-20(16(15)22)6-1-2-8-21)23-10-11-3-4-12(18)9-13(11)19/h1-5,9,21H,6,8,10H2/b2-1+. The highest BCUT2D eigenvalue weighted by Crippen LogP contribution is 2.22. The molecule has 1 aromatic heterocycles. The Hall–Kier alpha value is -1.99. The molecule has 1 N–H and O–H groups in total. The average Bonchev–Trinajstić information content (AvgIpc) is 2.52. The number of nitrogens with zero attached hydrogens (tertiary/aromatic N) is 1. The van der Waals surface area contributed by atoms with E-state index in [4.69, 9.17) is 9.84 Å². The number of allylic oxidation sites excluding steroid dienone is 1. The zero-order valence-corrected chi connectivity index (χ0v) is 13.5. The third kappa shape index (κ3) is 4.49. The number of aliphatic hydroxyl groups excluding tert-OH is 1. The smallest absolute Gasteiger partial charge is 0.269 e. The van der Waals surface area contributed by atoms with Crippen LogP contribution in [-0.2, 0) is 13.2 Å². The molecule has 7 heteroatoms. The lowest BCUT2D eigenvalue weighted by atomic mass is 10.2. The number of ether oxygens (including phenoxy) is 1. The van der Waals surface area contributed by atoms with Crippen molar-refractivity contribution >= 4 is 15.9 Å². The lowest BCUT2D eigenvalue weighted by Gasteiger charge is -2.10. The van der Waals surface area contributed by atoms with Crippen molar-refractivity contribution in [3.63, 3.8) is 0 Å². The van der Waals surface area contributed by atoms with Crippen LogP contribution in [0.3, 0.4) is 0 Å². The predicted octanol–water partition coefficient (Wildman–Crippen LogP) is 2.82. The molecule has 0 unspecified atom stereocenters. The Morgan fingerprint density at radius 2 is 2.13 bits per heavy atom. The van der Waals surface area contributed by atoms with E-state index >= 15 is 0 Å². The molecule has 0 atom stereocenters. The monoisotopic (exact) mass is 384 g/mol. The van der Waals surface area contributed by atoms with Gasteiger partial charge in [0.05, 0.1) is 12.8 Å². The van der Waals surface area contributed by atoms with Crippen molar-refractivity contribution < 1.29 is 18.6 Å². The quantitative estimate of drug-likeness (QED) is 0.779. The van der Waals surface area contributed by atoms with Crippen LogP contribution in [-0.4, -0.2) is 16.3 Å². The summed E-state index contributed by atoms with van der Waals surface area (Å²) in [5.74, 6) is -1.17. The Morgan fingerprint density at radius 1 is 1.35 bits per heavy atom. The lowest BCUT2D eigenvalue weighted by Crippen LogP contribution is -2.20. The van der Waals surface area contributed by atoms with Gasteiger partial charge in [0.1, 0.15) is 28.5 Å². The number of rotatable bonds is 6. The van der Waals surface area contributed by atoms with Gasteiger partial charge >= 0.3 is 0 Å². The normalized spacial score (nSPS) is 11.1. The fraction of sp³-hybridized carbons (Fsp3) is 0.188. The van der Waals surface area contributed by atoms with Crippen molar-refractivity contribution in [1.29, 1.82) is 0 Å². The maximum Gasteiger partial charge on any atom is 0.269 e. The van der Waals surface area contributed by atoms with Crippen LogP contribution in [0.5, 0.6) is 5.75 Å². The second kappa shape index (κ2) is 8.03. The number of benzene rings is 1. The number of hydrogen-bond donors (Lipinski definition) is 1. The van der Waals surface area contributed by atoms with E-state index in [2.05, 4.69) is 22.1 Å². The minimum atomic E-state index is -0.715. The second-order valence-corrected chi connectivity index (χ2v) is 5.34. The van der Waals surface area contributed by atoms with E-state index in [1.54, 1.807) is 6.08 Å². The van der Waals surface area contributed by atoms with E-state index in [0.29, 0.717) is 0 Å². The maximum absolute atomic E-state index is 13.5. The van der Waals surface area contributed by atoms with Crippen LogP contribution in [0, 0.1) is 17.8 Å². The molecule has 2 aromatic rings. The number of aromatic nitrogens is 1. The Morgan fingerprint density at radius 3 is 2.83 bits per heavy atom. The van der Waals surface area contributed by atoms with Gasteiger partial charge in [-0.2, -0.15) is 0 Å². The van der Waals surface area contributed by atoms with Gasteiger partial charge in [-0.1, -0.05) is 12.2 Å². The van der Waals surface area contributed by atoms with Gasteiger partial charge in [-0.3, -0.25) is 4.79 Å². The van der Waals surface area contributed by atoms with Crippen molar-refractivity contribution in [3.05, 3.63) is 74.6 Å². The largest absolute Gasteiger partial charge is 0.487 e. The highest BCUT2D eigenvalue weighted by Gasteiger charge is 2.10. The molecule has 1 radical (unpaired) electrons. The fourth-order valence-electron chi connectivity index (χ4n) is 1.77. The maximum atomic E-state index is 13.5. The average molecular weight is 385 g/mol. The molecule has 23 heavy (non-hydrogen) atoms. The molecule has 0 amide bonds. The molecule has 0 saturated carbocycles. The van der Waals surface area contributed by atoms with Crippen molar-refractivity contribution in [3.8, 4) is 5.75 Å². The molecular formula is C16H13BrF2NO3. The Labute approximate surface area is 139 Å². The number of halogens is 3. The van der Waals surface area contributed by atoms with Crippen molar-refractivity contribution in [1.82, 2.24) is 4.57 Å². The van der Waals surface area contributed by atoms with Crippen LogP contribution in [0.15, 0.2) is 45.7 Å². The van der Waals surface area contributed by atoms with Gasteiger partial charge < -0.3 is 14.4 Å². The first-order valence-corrected chi connectivity index (χ1v) is 7.46. The Balaban J connectivity index is 2.13. The molecule has 121 valence electrons. The second-order valence-electron chi connectivity index (χ2n) is 4.55. The summed E-state index contributed by atoms with van der Waals surface area (Å²) in [6.45, 7) is -0.00235. The minimum Gasteiger partial charge on any atom is -0.487 e. The zero-order chi connectivity index (χ0) is 16.8. The van der Waals surface area contributed by atoms with Gasteiger partial charge in [-0.25, -0.2) is 8.78 Å². The van der Waals surface area contributed by atoms with E-state index in [9.17, 15) is 13.6 Å². The van der Waals surface area contributed by atoms with E-state index in [0.717, 1.165) is 12.1 Å². The van der Waals surface area contributed by atoms with Crippen LogP contribution in [0.2, 0.25) is 0 Å². The first kappa shape index (κ1) is 17.4. The molecule has 0 aliphatic heterocycles. The number of hydrogen-bond acceptors (Lipinski definition) is 3. The molecule has 0 aliphatic rings. The summed E-state index contributed by atoms with van der Waals surface area (Å²) in [6, 6.07) is 4.63. The minimum absolute atomic E-state index is 0.111. The van der Waals surface area contributed by atoms with Crippen LogP contribution in [0.4, 0.5) is 8.78 Å². The van der Waals surface area contributed by atoms with Gasteiger partial charge in [0.15, 0.2) is 0 Å². The molecule has 2 rings (SSSR count). The van der Waals surface area contributed by atoms with Crippen LogP contribution in [0.25, 0.3) is 0 Å². The Kier molecular flexibility index (Phi) is 6.06. The van der Waals surface area contributed by atoms with Gasteiger partial charge in [0, 0.05) is 24.2 Å². The third-order valence-electron chi connectivity index (χ3n) is 2.96. The van der Waals surface area contributed by atoms with Crippen LogP contribution in [0.1, 0.15) is 5.56 Å². The number of aliphatic hydroxyl groups is 1. The van der Waals surface area contributed by atoms with E-state index in [1.807, 2.05) is 0 Å². The first-order valence-electron chi connectivity index (χ1n) is 6.66. The van der Waals surface area contributed by atoms with Crippen molar-refractivity contribution in [2.24, 2.45) is 0 Å². The highest BCUT2D eigenvalue weighted by atomic mass is 79.9. The van der Waals surface area contributed by atoms with Gasteiger partial charge in [0.25, 0.3) is 5.56 Å². The van der Waals surface area contributed by atoms with E-state index < -0.39 is 11.6 Å². The number of pyridine rings is 1. The molecule has 0 aliphatic carbocycles. The first-order chi connectivity index (χ1) is 11.0. The third-order valence-corrected chi connectivity index (χ3v) is 3.69. The SMILES string of the molecule is O=c1c(Br)c(OCc2ccc(F)cc2F)c[c]n1C/C=C/CO. The summed E-state index contributed by atoms with van der Waals surface area (Å²) >= 11 is 3.14. The summed E-state index contributed by atoms with van der Waals surface area (Å²) in [5.41, 5.74) is -0.196. The van der Waals surface area contributed by atoms with Gasteiger partial charge in [0.2, 0.25) is 0 Å². The Bertz CT molecular complexity index is 774. The summed E-state index contributed by atoms with van der Waals surface area (Å²) in [5, 5.41) is 8.66. The molecule has 1 aromatic carbocycles. The van der Waals surface area contributed by atoms with Crippen molar-refractivity contribution in [2.45, 2.75) is 13.2 Å². The zero-order valence-electron chi connectivity index (χ0n) is 11.9. The topological polar surface area (TPSA) is 51.5 Å². The molecular weight excluding hydrogens is 372 g/mol. The molecule has 1 heterocycles. The molecule has 0 bridgehead atoms. The molecule has 4 nitrogen and oxygen atoms in total. The summed E-state index contributed by atoms with van der Waals surface area (Å²) in [7, 11) is 0.